The molecule has 1 aromatic heterocycles. The van der Waals surface area contributed by atoms with Gasteiger partial charge < -0.3 is 14.8 Å². The maximum absolute atomic E-state index is 13.3. The molecule has 3 rings (SSSR count). The molecule has 0 fully saturated rings. The Kier molecular flexibility index (Phi) is 4.67. The molecule has 24 heavy (non-hydrogen) atoms. The number of halogens is 1. The number of hydrogen-bond acceptors (Lipinski definition) is 4. The number of hydrogen-bond donors (Lipinski definition) is 2. The number of amides is 1. The lowest BCUT2D eigenvalue weighted by Gasteiger charge is -2.08. The van der Waals surface area contributed by atoms with Crippen molar-refractivity contribution in [2.45, 2.75) is 13.2 Å². The van der Waals surface area contributed by atoms with Gasteiger partial charge in [0.1, 0.15) is 5.82 Å². The number of aliphatic hydroxyl groups is 1. The highest BCUT2D eigenvalue weighted by Gasteiger charge is 2.08. The topological polar surface area (TPSA) is 75.4 Å². The van der Waals surface area contributed by atoms with E-state index < -0.39 is 5.82 Å². The van der Waals surface area contributed by atoms with Crippen LogP contribution in [-0.4, -0.2) is 16.0 Å². The van der Waals surface area contributed by atoms with E-state index in [1.54, 1.807) is 36.5 Å². The fraction of sp³-hybridized carbons (Fsp3) is 0.111. The molecule has 0 saturated heterocycles. The average molecular weight is 326 g/mol. The molecule has 0 aliphatic rings. The third-order valence-electron chi connectivity index (χ3n) is 3.60. The Balaban J connectivity index is 1.65. The van der Waals surface area contributed by atoms with Crippen molar-refractivity contribution in [3.05, 3.63) is 77.6 Å². The van der Waals surface area contributed by atoms with Gasteiger partial charge in [-0.15, -0.1) is 0 Å². The molecule has 0 aliphatic heterocycles. The van der Waals surface area contributed by atoms with Crippen molar-refractivity contribution in [1.82, 2.24) is 10.3 Å². The fourth-order valence-electron chi connectivity index (χ4n) is 2.29. The number of nitrogens with one attached hydrogen (secondary N) is 1. The minimum Gasteiger partial charge on any atom is -0.444 e. The lowest BCUT2D eigenvalue weighted by atomic mass is 10.1. The van der Waals surface area contributed by atoms with Gasteiger partial charge in [0, 0.05) is 23.2 Å². The number of carbonyl (C=O) groups excluding carboxylic acids is 1. The summed E-state index contributed by atoms with van der Waals surface area (Å²) in [6, 6.07) is 11.3. The first-order chi connectivity index (χ1) is 11.7. The predicted octanol–water partition coefficient (Wildman–Crippen LogP) is 2.90. The van der Waals surface area contributed by atoms with Crippen LogP contribution in [0.2, 0.25) is 0 Å². The van der Waals surface area contributed by atoms with Gasteiger partial charge in [0.15, 0.2) is 12.2 Å². The molecule has 0 unspecified atom stereocenters. The summed E-state index contributed by atoms with van der Waals surface area (Å²) < 4.78 is 18.5. The number of aliphatic hydroxyl groups excluding tert-OH is 1. The van der Waals surface area contributed by atoms with E-state index in [-0.39, 0.29) is 24.6 Å². The molecular weight excluding hydrogens is 311 g/mol. The second-order valence-corrected chi connectivity index (χ2v) is 5.21. The Morgan fingerprint density at radius 1 is 1.21 bits per heavy atom. The van der Waals surface area contributed by atoms with E-state index in [0.29, 0.717) is 16.9 Å². The van der Waals surface area contributed by atoms with Gasteiger partial charge >= 0.3 is 0 Å². The van der Waals surface area contributed by atoms with Crippen molar-refractivity contribution >= 4 is 5.91 Å². The second-order valence-electron chi connectivity index (χ2n) is 5.21. The van der Waals surface area contributed by atoms with E-state index in [0.717, 1.165) is 5.56 Å². The molecule has 0 aliphatic carbocycles. The van der Waals surface area contributed by atoms with E-state index in [1.165, 1.54) is 18.5 Å². The van der Waals surface area contributed by atoms with Crippen molar-refractivity contribution in [3.8, 4) is 11.3 Å². The third-order valence-corrected chi connectivity index (χ3v) is 3.60. The summed E-state index contributed by atoms with van der Waals surface area (Å²) >= 11 is 0. The molecule has 1 heterocycles. The van der Waals surface area contributed by atoms with E-state index in [9.17, 15) is 9.18 Å². The Hall–Kier alpha value is -2.99. The van der Waals surface area contributed by atoms with Crippen LogP contribution in [-0.2, 0) is 13.2 Å². The Morgan fingerprint density at radius 2 is 2.00 bits per heavy atom. The summed E-state index contributed by atoms with van der Waals surface area (Å²) in [5.74, 6) is -0.0747. The van der Waals surface area contributed by atoms with Gasteiger partial charge in [0.2, 0.25) is 0 Å². The third kappa shape index (κ3) is 3.49. The lowest BCUT2D eigenvalue weighted by Crippen LogP contribution is -2.22. The normalized spacial score (nSPS) is 10.6. The molecule has 0 radical (unpaired) electrons. The predicted molar refractivity (Wildman–Crippen MR) is 85.4 cm³/mol. The number of oxazole rings is 1. The molecule has 0 atom stereocenters. The fourth-order valence-corrected chi connectivity index (χ4v) is 2.29. The highest BCUT2D eigenvalue weighted by atomic mass is 19.1. The summed E-state index contributed by atoms with van der Waals surface area (Å²) in [7, 11) is 0. The second kappa shape index (κ2) is 7.06. The van der Waals surface area contributed by atoms with Crippen LogP contribution in [0.4, 0.5) is 4.39 Å². The van der Waals surface area contributed by atoms with E-state index >= 15 is 0 Å². The molecule has 3 aromatic rings. The van der Waals surface area contributed by atoms with Crippen LogP contribution >= 0.6 is 0 Å². The summed E-state index contributed by atoms with van der Waals surface area (Å²) in [6.45, 7) is -0.132. The zero-order valence-corrected chi connectivity index (χ0v) is 12.7. The molecule has 0 spiro atoms. The smallest absolute Gasteiger partial charge is 0.251 e. The van der Waals surface area contributed by atoms with Crippen LogP contribution in [0, 0.1) is 5.82 Å². The highest BCUT2D eigenvalue weighted by Crippen LogP contribution is 2.19. The molecule has 5 nitrogen and oxygen atoms in total. The number of nitrogens with zero attached hydrogens (tertiary/aromatic N) is 1. The first-order valence-electron chi connectivity index (χ1n) is 7.32. The molecule has 0 bridgehead atoms. The average Bonchev–Trinajstić information content (AvgIpc) is 3.15. The first-order valence-corrected chi connectivity index (χ1v) is 7.32. The molecule has 122 valence electrons. The summed E-state index contributed by atoms with van der Waals surface area (Å²) in [4.78, 5) is 16.0. The van der Waals surface area contributed by atoms with Crippen LogP contribution in [0.3, 0.4) is 0 Å². The molecule has 0 saturated carbocycles. The van der Waals surface area contributed by atoms with Crippen LogP contribution in [0.15, 0.2) is 59.5 Å². The minimum absolute atomic E-state index is 0.207. The van der Waals surface area contributed by atoms with Crippen LogP contribution in [0.1, 0.15) is 21.5 Å². The van der Waals surface area contributed by atoms with Crippen LogP contribution in [0.25, 0.3) is 11.3 Å². The maximum atomic E-state index is 13.3. The molecular formula is C18H15FN2O3. The quantitative estimate of drug-likeness (QED) is 0.756. The van der Waals surface area contributed by atoms with Crippen LogP contribution in [0.5, 0.6) is 0 Å². The van der Waals surface area contributed by atoms with Gasteiger partial charge in [-0.05, 0) is 29.8 Å². The van der Waals surface area contributed by atoms with Crippen LogP contribution < -0.4 is 5.32 Å². The van der Waals surface area contributed by atoms with Gasteiger partial charge in [-0.3, -0.25) is 4.79 Å². The monoisotopic (exact) mass is 326 g/mol. The number of carbonyl (C=O) groups is 1. The minimum atomic E-state index is -0.462. The molecule has 6 heteroatoms. The number of rotatable bonds is 5. The first kappa shape index (κ1) is 15.9. The van der Waals surface area contributed by atoms with Crippen molar-refractivity contribution in [3.63, 3.8) is 0 Å². The zero-order valence-electron chi connectivity index (χ0n) is 12.7. The SMILES string of the molecule is O=C(NCc1ccc(F)c(CO)c1)c1ccc(-c2cnco2)cc1. The van der Waals surface area contributed by atoms with Gasteiger partial charge in [-0.25, -0.2) is 9.37 Å². The van der Waals surface area contributed by atoms with Crippen molar-refractivity contribution in [2.24, 2.45) is 0 Å². The van der Waals surface area contributed by atoms with Gasteiger partial charge in [0.05, 0.1) is 12.8 Å². The van der Waals surface area contributed by atoms with Crippen molar-refractivity contribution < 1.29 is 18.7 Å². The zero-order chi connectivity index (χ0) is 16.9. The van der Waals surface area contributed by atoms with Crippen molar-refractivity contribution in [1.29, 1.82) is 0 Å². The van der Waals surface area contributed by atoms with Crippen molar-refractivity contribution in [2.75, 3.05) is 0 Å². The van der Waals surface area contributed by atoms with Gasteiger partial charge in [0.25, 0.3) is 5.91 Å². The molecule has 2 aromatic carbocycles. The number of aromatic nitrogens is 1. The maximum Gasteiger partial charge on any atom is 0.251 e. The Bertz CT molecular complexity index is 830. The van der Waals surface area contributed by atoms with E-state index in [1.807, 2.05) is 0 Å². The van der Waals surface area contributed by atoms with Gasteiger partial charge in [-0.2, -0.15) is 0 Å². The summed E-state index contributed by atoms with van der Waals surface area (Å²) in [5, 5.41) is 11.8. The number of benzene rings is 2. The van der Waals surface area contributed by atoms with E-state index in [4.69, 9.17) is 9.52 Å². The highest BCUT2D eigenvalue weighted by molar-refractivity contribution is 5.94. The van der Waals surface area contributed by atoms with Gasteiger partial charge in [-0.1, -0.05) is 18.2 Å². The largest absolute Gasteiger partial charge is 0.444 e. The summed E-state index contributed by atoms with van der Waals surface area (Å²) in [6.07, 6.45) is 2.95. The molecule has 2 N–H and O–H groups in total. The molecule has 1 amide bonds. The summed E-state index contributed by atoms with van der Waals surface area (Å²) in [5.41, 5.74) is 2.25. The lowest BCUT2D eigenvalue weighted by molar-refractivity contribution is 0.0951. The Labute approximate surface area is 137 Å². The van der Waals surface area contributed by atoms with E-state index in [2.05, 4.69) is 10.3 Å². The Morgan fingerprint density at radius 3 is 2.67 bits per heavy atom. The standard InChI is InChI=1S/C18H15FN2O3/c19-16-6-1-12(7-15(16)10-22)8-21-18(23)14-4-2-13(3-5-14)17-9-20-11-24-17/h1-7,9,11,22H,8,10H2,(H,21,23).